The predicted octanol–water partition coefficient (Wildman–Crippen LogP) is 5.41. The van der Waals surface area contributed by atoms with Crippen LogP contribution in [-0.2, 0) is 11.3 Å². The average molecular weight is 546 g/mol. The van der Waals surface area contributed by atoms with Crippen LogP contribution in [0.4, 0.5) is 13.2 Å². The number of benzene rings is 2. The number of alkyl halides is 1. The van der Waals surface area contributed by atoms with Gasteiger partial charge in [-0.05, 0) is 68.0 Å². The number of carboxylic acids is 1. The second kappa shape index (κ2) is 12.7. The molecule has 1 aliphatic heterocycles. The lowest BCUT2D eigenvalue weighted by Gasteiger charge is -2.41. The third-order valence-corrected chi connectivity index (χ3v) is 7.62. The second-order valence-electron chi connectivity index (χ2n) is 10.2. The van der Waals surface area contributed by atoms with Crippen LogP contribution < -0.4 is 15.2 Å². The van der Waals surface area contributed by atoms with Crippen LogP contribution in [0.2, 0.25) is 0 Å². The first-order valence-corrected chi connectivity index (χ1v) is 13.0. The van der Waals surface area contributed by atoms with Gasteiger partial charge in [0.2, 0.25) is 0 Å². The Morgan fingerprint density at radius 2 is 1.87 bits per heavy atom. The number of hydrogen-bond acceptors (Lipinski definition) is 6. The van der Waals surface area contributed by atoms with E-state index < -0.39 is 29.2 Å². The minimum atomic E-state index is -1.34. The topological polar surface area (TPSA) is 97.9 Å². The van der Waals surface area contributed by atoms with Gasteiger partial charge in [0, 0.05) is 48.4 Å². The van der Waals surface area contributed by atoms with Gasteiger partial charge in [0.15, 0.2) is 0 Å². The highest BCUT2D eigenvalue weighted by molar-refractivity contribution is 5.85. The van der Waals surface area contributed by atoms with E-state index in [1.807, 2.05) is 0 Å². The number of carboxylic acid groups (broad SMARTS) is 1. The van der Waals surface area contributed by atoms with Gasteiger partial charge < -0.3 is 20.3 Å². The van der Waals surface area contributed by atoms with Crippen LogP contribution >= 0.6 is 0 Å². The summed E-state index contributed by atoms with van der Waals surface area (Å²) < 4.78 is 53.5. The Morgan fingerprint density at radius 1 is 1.15 bits per heavy atom. The number of aliphatic carboxylic acids is 1. The lowest BCUT2D eigenvalue weighted by Crippen LogP contribution is -2.42. The van der Waals surface area contributed by atoms with E-state index in [4.69, 9.17) is 15.2 Å². The van der Waals surface area contributed by atoms with E-state index in [1.165, 1.54) is 0 Å². The Hall–Kier alpha value is -3.37. The number of aromatic nitrogens is 1. The van der Waals surface area contributed by atoms with Gasteiger partial charge in [-0.25, -0.2) is 13.2 Å². The third kappa shape index (κ3) is 7.19. The summed E-state index contributed by atoms with van der Waals surface area (Å²) in [5.74, 6) is -1.60. The fourth-order valence-corrected chi connectivity index (χ4v) is 5.46. The smallest absolute Gasteiger partial charge is 0.303 e. The SMILES string of the molecule is COc1ccc2ncc(CN)c(C(F)CCC3(CC(=O)O)CCN(CCOc4cc(F)cc(F)c4)CC3)c2c1. The van der Waals surface area contributed by atoms with Crippen LogP contribution in [0.3, 0.4) is 0 Å². The Kier molecular flexibility index (Phi) is 9.29. The third-order valence-electron chi connectivity index (χ3n) is 7.62. The molecule has 1 unspecified atom stereocenters. The zero-order chi connectivity index (χ0) is 28.0. The average Bonchev–Trinajstić information content (AvgIpc) is 2.91. The molecule has 7 nitrogen and oxygen atoms in total. The maximum absolute atomic E-state index is 15.9. The zero-order valence-corrected chi connectivity index (χ0v) is 22.0. The van der Waals surface area contributed by atoms with Crippen LogP contribution in [0.5, 0.6) is 11.5 Å². The quantitative estimate of drug-likeness (QED) is 0.314. The molecule has 3 aromatic rings. The van der Waals surface area contributed by atoms with Crippen molar-refractivity contribution < 1.29 is 32.5 Å². The van der Waals surface area contributed by atoms with E-state index in [0.29, 0.717) is 66.7 Å². The normalized spacial score (nSPS) is 16.2. The molecule has 1 fully saturated rings. The molecule has 1 saturated heterocycles. The largest absolute Gasteiger partial charge is 0.497 e. The number of halogens is 3. The summed E-state index contributed by atoms with van der Waals surface area (Å²) in [6.07, 6.45) is 1.97. The highest BCUT2D eigenvalue weighted by atomic mass is 19.1. The number of pyridine rings is 1. The lowest BCUT2D eigenvalue weighted by molar-refractivity contribution is -0.141. The van der Waals surface area contributed by atoms with Gasteiger partial charge in [-0.2, -0.15) is 0 Å². The second-order valence-corrected chi connectivity index (χ2v) is 10.2. The van der Waals surface area contributed by atoms with Crippen LogP contribution in [-0.4, -0.2) is 54.3 Å². The number of rotatable bonds is 12. The summed E-state index contributed by atoms with van der Waals surface area (Å²) in [4.78, 5) is 18.3. The van der Waals surface area contributed by atoms with E-state index in [1.54, 1.807) is 31.5 Å². The molecular formula is C29H34F3N3O4. The Labute approximate surface area is 225 Å². The molecule has 39 heavy (non-hydrogen) atoms. The highest BCUT2D eigenvalue weighted by Crippen LogP contribution is 2.43. The van der Waals surface area contributed by atoms with E-state index in [0.717, 1.165) is 18.2 Å². The van der Waals surface area contributed by atoms with Crippen LogP contribution in [0.25, 0.3) is 10.9 Å². The molecule has 1 aliphatic rings. The van der Waals surface area contributed by atoms with Crippen molar-refractivity contribution >= 4 is 16.9 Å². The molecule has 0 spiro atoms. The fraction of sp³-hybridized carbons (Fsp3) is 0.448. The molecule has 0 bridgehead atoms. The Balaban J connectivity index is 1.40. The standard InChI is InChI=1S/C29H34F3N3O4/c1-38-22-2-3-26-24(15-22)28(19(17-33)18-34-26)25(32)4-5-29(16-27(36)37)6-8-35(9-7-29)10-11-39-23-13-20(30)12-21(31)14-23/h2-3,12-15,18,25H,4-11,16-17,33H2,1H3,(H,36,37). The molecule has 1 aromatic heterocycles. The van der Waals surface area contributed by atoms with Crippen molar-refractivity contribution in [1.29, 1.82) is 0 Å². The van der Waals surface area contributed by atoms with Crippen molar-refractivity contribution in [2.45, 2.75) is 44.8 Å². The van der Waals surface area contributed by atoms with Gasteiger partial charge in [-0.1, -0.05) is 0 Å². The van der Waals surface area contributed by atoms with Gasteiger partial charge in [-0.3, -0.25) is 14.7 Å². The molecule has 2 aromatic carbocycles. The van der Waals surface area contributed by atoms with Gasteiger partial charge in [0.25, 0.3) is 0 Å². The molecule has 0 aliphatic carbocycles. The summed E-state index contributed by atoms with van der Waals surface area (Å²) in [7, 11) is 1.55. The number of nitrogens with two attached hydrogens (primary N) is 1. The first kappa shape index (κ1) is 28.6. The summed E-state index contributed by atoms with van der Waals surface area (Å²) in [5.41, 5.74) is 7.12. The number of carbonyl (C=O) groups is 1. The van der Waals surface area contributed by atoms with Crippen molar-refractivity contribution in [2.75, 3.05) is 33.4 Å². The molecular weight excluding hydrogens is 511 g/mol. The van der Waals surface area contributed by atoms with Crippen molar-refractivity contribution in [3.63, 3.8) is 0 Å². The van der Waals surface area contributed by atoms with Crippen molar-refractivity contribution in [1.82, 2.24) is 9.88 Å². The number of ether oxygens (including phenoxy) is 2. The van der Waals surface area contributed by atoms with Gasteiger partial charge in [0.1, 0.15) is 35.9 Å². The first-order chi connectivity index (χ1) is 18.7. The molecule has 210 valence electrons. The fourth-order valence-electron chi connectivity index (χ4n) is 5.46. The number of nitrogens with zero attached hydrogens (tertiary/aromatic N) is 2. The van der Waals surface area contributed by atoms with Gasteiger partial charge in [-0.15, -0.1) is 0 Å². The molecule has 0 radical (unpaired) electrons. The molecule has 3 N–H and O–H groups in total. The summed E-state index contributed by atoms with van der Waals surface area (Å²) in [5, 5.41) is 10.3. The highest BCUT2D eigenvalue weighted by Gasteiger charge is 2.37. The number of piperidine rings is 1. The van der Waals surface area contributed by atoms with E-state index >= 15 is 4.39 Å². The molecule has 0 amide bonds. The van der Waals surface area contributed by atoms with E-state index in [9.17, 15) is 18.7 Å². The van der Waals surface area contributed by atoms with Crippen molar-refractivity contribution in [3.05, 3.63) is 65.4 Å². The molecule has 1 atom stereocenters. The van der Waals surface area contributed by atoms with Gasteiger partial charge >= 0.3 is 5.97 Å². The number of hydrogen-bond donors (Lipinski definition) is 2. The van der Waals surface area contributed by atoms with Gasteiger partial charge in [0.05, 0.1) is 19.0 Å². The molecule has 10 heteroatoms. The monoisotopic (exact) mass is 545 g/mol. The maximum Gasteiger partial charge on any atom is 0.303 e. The summed E-state index contributed by atoms with van der Waals surface area (Å²) >= 11 is 0. The van der Waals surface area contributed by atoms with E-state index in [2.05, 4.69) is 9.88 Å². The van der Waals surface area contributed by atoms with E-state index in [-0.39, 0.29) is 31.7 Å². The molecule has 4 rings (SSSR count). The number of methoxy groups -OCH3 is 1. The maximum atomic E-state index is 15.9. The number of fused-ring (bicyclic) bond motifs is 1. The lowest BCUT2D eigenvalue weighted by atomic mass is 9.71. The molecule has 0 saturated carbocycles. The van der Waals surface area contributed by atoms with Crippen LogP contribution in [0, 0.1) is 17.0 Å². The first-order valence-electron chi connectivity index (χ1n) is 13.0. The van der Waals surface area contributed by atoms with Crippen molar-refractivity contribution in [3.8, 4) is 11.5 Å². The minimum Gasteiger partial charge on any atom is -0.497 e. The summed E-state index contributed by atoms with van der Waals surface area (Å²) in [6, 6.07) is 8.35. The van der Waals surface area contributed by atoms with Crippen LogP contribution in [0.15, 0.2) is 42.6 Å². The minimum absolute atomic E-state index is 0.0404. The zero-order valence-electron chi connectivity index (χ0n) is 22.0. The Morgan fingerprint density at radius 3 is 2.51 bits per heavy atom. The predicted molar refractivity (Wildman–Crippen MR) is 141 cm³/mol. The Bertz CT molecular complexity index is 1270. The van der Waals surface area contributed by atoms with Crippen molar-refractivity contribution in [2.24, 2.45) is 11.1 Å². The summed E-state index contributed by atoms with van der Waals surface area (Å²) in [6.45, 7) is 2.14. The molecule has 2 heterocycles. The number of likely N-dealkylation sites (tertiary alicyclic amines) is 1. The van der Waals surface area contributed by atoms with Crippen LogP contribution in [0.1, 0.15) is 49.4 Å².